The highest BCUT2D eigenvalue weighted by molar-refractivity contribution is 7.89. The smallest absolute Gasteiger partial charge is 0.241 e. The summed E-state index contributed by atoms with van der Waals surface area (Å²) in [6, 6.07) is 9.85. The van der Waals surface area contributed by atoms with E-state index >= 15 is 0 Å². The Hall–Kier alpha value is -2.38. The van der Waals surface area contributed by atoms with E-state index in [4.69, 9.17) is 4.74 Å². The number of aryl methyl sites for hydroxylation is 2. The van der Waals surface area contributed by atoms with Crippen LogP contribution in [0.3, 0.4) is 0 Å². The van der Waals surface area contributed by atoms with Crippen LogP contribution in [0.2, 0.25) is 0 Å². The summed E-state index contributed by atoms with van der Waals surface area (Å²) < 4.78 is 33.4. The van der Waals surface area contributed by atoms with E-state index in [1.165, 1.54) is 32.2 Å². The number of anilines is 1. The molecule has 0 aromatic heterocycles. The average molecular weight is 376 g/mol. The number of carbonyl (C=O) groups excluding carboxylic acids is 1. The summed E-state index contributed by atoms with van der Waals surface area (Å²) in [6.45, 7) is 7.09. The van der Waals surface area contributed by atoms with Gasteiger partial charge >= 0.3 is 0 Å². The Morgan fingerprint density at radius 1 is 1.12 bits per heavy atom. The molecule has 2 aromatic rings. The number of rotatable bonds is 6. The fraction of sp³-hybridized carbons (Fsp3) is 0.316. The maximum absolute atomic E-state index is 12.8. The van der Waals surface area contributed by atoms with Gasteiger partial charge in [0, 0.05) is 13.0 Å². The average Bonchev–Trinajstić information content (AvgIpc) is 2.53. The molecule has 2 N–H and O–H groups in total. The molecule has 0 radical (unpaired) electrons. The zero-order valence-corrected chi connectivity index (χ0v) is 16.4. The molecule has 1 atom stereocenters. The van der Waals surface area contributed by atoms with Crippen LogP contribution in [0.5, 0.6) is 5.75 Å². The van der Waals surface area contributed by atoms with Gasteiger partial charge in [-0.2, -0.15) is 0 Å². The van der Waals surface area contributed by atoms with E-state index in [0.717, 1.165) is 16.7 Å². The predicted molar refractivity (Wildman–Crippen MR) is 102 cm³/mol. The van der Waals surface area contributed by atoms with Gasteiger partial charge in [0.05, 0.1) is 17.7 Å². The summed E-state index contributed by atoms with van der Waals surface area (Å²) in [6.07, 6.45) is 0. The maximum atomic E-state index is 12.8. The quantitative estimate of drug-likeness (QED) is 0.810. The van der Waals surface area contributed by atoms with Gasteiger partial charge in [-0.25, -0.2) is 13.1 Å². The standard InChI is InChI=1S/C19H24N2O4S/c1-12-6-8-17(13(2)10-12)14(3)21-26(23,24)16-7-9-19(25-5)18(11-16)20-15(4)22/h6-11,14,21H,1-5H3,(H,20,22). The molecule has 0 aliphatic carbocycles. The first-order valence-electron chi connectivity index (χ1n) is 8.19. The zero-order valence-electron chi connectivity index (χ0n) is 15.6. The lowest BCUT2D eigenvalue weighted by Gasteiger charge is -2.18. The highest BCUT2D eigenvalue weighted by Gasteiger charge is 2.21. The van der Waals surface area contributed by atoms with Crippen LogP contribution in [-0.2, 0) is 14.8 Å². The van der Waals surface area contributed by atoms with Crippen LogP contribution in [-0.4, -0.2) is 21.4 Å². The molecular formula is C19H24N2O4S. The van der Waals surface area contributed by atoms with E-state index in [9.17, 15) is 13.2 Å². The first-order chi connectivity index (χ1) is 12.1. The van der Waals surface area contributed by atoms with E-state index in [2.05, 4.69) is 10.0 Å². The second kappa shape index (κ2) is 7.88. The molecule has 0 saturated heterocycles. The van der Waals surface area contributed by atoms with Crippen molar-refractivity contribution in [2.24, 2.45) is 0 Å². The van der Waals surface area contributed by atoms with Gasteiger partial charge < -0.3 is 10.1 Å². The number of methoxy groups -OCH3 is 1. The Kier molecular flexibility index (Phi) is 6.05. The Morgan fingerprint density at radius 3 is 2.38 bits per heavy atom. The maximum Gasteiger partial charge on any atom is 0.241 e. The largest absolute Gasteiger partial charge is 0.495 e. The molecule has 140 valence electrons. The molecule has 7 heteroatoms. The van der Waals surface area contributed by atoms with Crippen molar-refractivity contribution in [2.75, 3.05) is 12.4 Å². The number of nitrogens with one attached hydrogen (secondary N) is 2. The van der Waals surface area contributed by atoms with Gasteiger partial charge in [0.25, 0.3) is 0 Å². The fourth-order valence-electron chi connectivity index (χ4n) is 2.82. The molecular weight excluding hydrogens is 352 g/mol. The Balaban J connectivity index is 2.33. The second-order valence-electron chi connectivity index (χ2n) is 6.25. The number of benzene rings is 2. The van der Waals surface area contributed by atoms with Crippen molar-refractivity contribution >= 4 is 21.6 Å². The third-order valence-corrected chi connectivity index (χ3v) is 5.55. The molecule has 0 bridgehead atoms. The Labute approximate surface area is 154 Å². The van der Waals surface area contributed by atoms with E-state index in [-0.39, 0.29) is 10.8 Å². The van der Waals surface area contributed by atoms with E-state index in [1.807, 2.05) is 32.0 Å². The highest BCUT2D eigenvalue weighted by Crippen LogP contribution is 2.28. The van der Waals surface area contributed by atoms with Gasteiger partial charge in [-0.3, -0.25) is 4.79 Å². The number of carbonyl (C=O) groups is 1. The highest BCUT2D eigenvalue weighted by atomic mass is 32.2. The van der Waals surface area contributed by atoms with Gasteiger partial charge in [-0.05, 0) is 50.1 Å². The summed E-state index contributed by atoms with van der Waals surface area (Å²) in [7, 11) is -2.32. The normalized spacial score (nSPS) is 12.5. The van der Waals surface area contributed by atoms with Gasteiger partial charge in [0.15, 0.2) is 0 Å². The fourth-order valence-corrected chi connectivity index (χ4v) is 4.07. The third-order valence-electron chi connectivity index (χ3n) is 4.02. The zero-order chi connectivity index (χ0) is 19.5. The summed E-state index contributed by atoms with van der Waals surface area (Å²) >= 11 is 0. The Morgan fingerprint density at radius 2 is 1.81 bits per heavy atom. The molecule has 2 aromatic carbocycles. The van der Waals surface area contributed by atoms with Crippen molar-refractivity contribution in [1.29, 1.82) is 0 Å². The van der Waals surface area contributed by atoms with Crippen molar-refractivity contribution in [1.82, 2.24) is 4.72 Å². The topological polar surface area (TPSA) is 84.5 Å². The van der Waals surface area contributed by atoms with Crippen molar-refractivity contribution in [3.8, 4) is 5.75 Å². The summed E-state index contributed by atoms with van der Waals surface area (Å²) in [5.74, 6) is 0.0797. The molecule has 0 spiro atoms. The van der Waals surface area contributed by atoms with Gasteiger partial charge in [-0.1, -0.05) is 23.8 Å². The molecule has 2 rings (SSSR count). The van der Waals surface area contributed by atoms with Crippen LogP contribution in [0.15, 0.2) is 41.3 Å². The minimum atomic E-state index is -3.77. The van der Waals surface area contributed by atoms with Crippen LogP contribution >= 0.6 is 0 Å². The second-order valence-corrected chi connectivity index (χ2v) is 7.96. The molecule has 0 aliphatic rings. The number of hydrogen-bond donors (Lipinski definition) is 2. The van der Waals surface area contributed by atoms with Crippen LogP contribution in [0, 0.1) is 13.8 Å². The number of ether oxygens (including phenoxy) is 1. The van der Waals surface area contributed by atoms with Crippen molar-refractivity contribution < 1.29 is 17.9 Å². The first-order valence-corrected chi connectivity index (χ1v) is 9.67. The molecule has 0 heterocycles. The summed E-state index contributed by atoms with van der Waals surface area (Å²) in [4.78, 5) is 11.4. The van der Waals surface area contributed by atoms with Crippen LogP contribution in [0.1, 0.15) is 36.6 Å². The lowest BCUT2D eigenvalue weighted by molar-refractivity contribution is -0.114. The van der Waals surface area contributed by atoms with Crippen LogP contribution in [0.4, 0.5) is 5.69 Å². The monoisotopic (exact) mass is 376 g/mol. The van der Waals surface area contributed by atoms with E-state index in [1.54, 1.807) is 6.92 Å². The molecule has 6 nitrogen and oxygen atoms in total. The predicted octanol–water partition coefficient (Wildman–Crippen LogP) is 3.31. The number of hydrogen-bond acceptors (Lipinski definition) is 4. The molecule has 1 amide bonds. The van der Waals surface area contributed by atoms with Gasteiger partial charge in [0.1, 0.15) is 5.75 Å². The van der Waals surface area contributed by atoms with Crippen LogP contribution in [0.25, 0.3) is 0 Å². The molecule has 0 saturated carbocycles. The van der Waals surface area contributed by atoms with E-state index in [0.29, 0.717) is 11.4 Å². The number of amides is 1. The number of sulfonamides is 1. The SMILES string of the molecule is COc1ccc(S(=O)(=O)NC(C)c2ccc(C)cc2C)cc1NC(C)=O. The first kappa shape index (κ1) is 19.9. The summed E-state index contributed by atoms with van der Waals surface area (Å²) in [5, 5.41) is 2.58. The Bertz CT molecular complexity index is 923. The van der Waals surface area contributed by atoms with Gasteiger partial charge in [0.2, 0.25) is 15.9 Å². The van der Waals surface area contributed by atoms with Gasteiger partial charge in [-0.15, -0.1) is 0 Å². The third kappa shape index (κ3) is 4.62. The summed E-state index contributed by atoms with van der Waals surface area (Å²) in [5.41, 5.74) is 3.36. The minimum absolute atomic E-state index is 0.0543. The molecule has 0 fully saturated rings. The molecule has 26 heavy (non-hydrogen) atoms. The van der Waals surface area contributed by atoms with Crippen molar-refractivity contribution in [3.05, 3.63) is 53.1 Å². The van der Waals surface area contributed by atoms with E-state index < -0.39 is 16.1 Å². The minimum Gasteiger partial charge on any atom is -0.495 e. The van der Waals surface area contributed by atoms with Crippen LogP contribution < -0.4 is 14.8 Å². The molecule has 1 unspecified atom stereocenters. The van der Waals surface area contributed by atoms with Crippen molar-refractivity contribution in [3.63, 3.8) is 0 Å². The lowest BCUT2D eigenvalue weighted by Crippen LogP contribution is -2.27. The lowest BCUT2D eigenvalue weighted by atomic mass is 10.0. The van der Waals surface area contributed by atoms with Crippen molar-refractivity contribution in [2.45, 2.75) is 38.6 Å². The molecule has 0 aliphatic heterocycles.